The fourth-order valence-electron chi connectivity index (χ4n) is 1.08. The molecule has 3 nitrogen and oxygen atoms in total. The molecule has 1 N–H and O–H groups in total. The van der Waals surface area contributed by atoms with Gasteiger partial charge in [-0.25, -0.2) is 5.43 Å². The van der Waals surface area contributed by atoms with Crippen molar-refractivity contribution in [2.45, 2.75) is 6.92 Å². The van der Waals surface area contributed by atoms with Crippen molar-refractivity contribution in [1.82, 2.24) is 5.43 Å². The second kappa shape index (κ2) is 6.84. The van der Waals surface area contributed by atoms with E-state index in [-0.39, 0.29) is 17.7 Å². The largest absolute Gasteiger partial charge is 0.271 e. The minimum Gasteiger partial charge on any atom is -0.267 e. The summed E-state index contributed by atoms with van der Waals surface area (Å²) in [5.74, 6) is 0.0461. The second-order valence-corrected chi connectivity index (χ2v) is 4.29. The zero-order chi connectivity index (χ0) is 12.8. The molecule has 0 aliphatic heterocycles. The molecule has 1 rings (SSSR count). The molecule has 0 atom stereocenters. The van der Waals surface area contributed by atoms with Gasteiger partial charge in [0.25, 0.3) is 5.91 Å². The zero-order valence-electron chi connectivity index (χ0n) is 9.14. The van der Waals surface area contributed by atoms with Crippen LogP contribution in [0.1, 0.15) is 15.9 Å². The van der Waals surface area contributed by atoms with E-state index in [9.17, 15) is 4.79 Å². The number of carbonyl (C=O) groups excluding carboxylic acids is 1. The molecular formula is C11H11Cl3N2O. The Balaban J connectivity index is 2.77. The summed E-state index contributed by atoms with van der Waals surface area (Å²) >= 11 is 17.0. The zero-order valence-corrected chi connectivity index (χ0v) is 11.4. The van der Waals surface area contributed by atoms with E-state index >= 15 is 0 Å². The molecule has 0 spiro atoms. The molecule has 1 amide bonds. The molecule has 0 aromatic heterocycles. The highest BCUT2D eigenvalue weighted by Crippen LogP contribution is 2.16. The number of hydrogen-bond acceptors (Lipinski definition) is 2. The molecule has 0 unspecified atom stereocenters. The van der Waals surface area contributed by atoms with Crippen LogP contribution in [0.4, 0.5) is 0 Å². The minimum absolute atomic E-state index is 0.184. The van der Waals surface area contributed by atoms with Crippen LogP contribution in [-0.4, -0.2) is 23.4 Å². The predicted octanol–water partition coefficient (Wildman–Crippen LogP) is 3.21. The Bertz CT molecular complexity index is 440. The summed E-state index contributed by atoms with van der Waals surface area (Å²) in [4.78, 5) is 11.7. The Morgan fingerprint density at radius 3 is 2.53 bits per heavy atom. The SMILES string of the molecule is Cc1cc(C(=O)NN=C(CCl)CCl)ccc1Cl. The highest BCUT2D eigenvalue weighted by Gasteiger charge is 2.06. The van der Waals surface area contributed by atoms with E-state index in [0.29, 0.717) is 16.3 Å². The van der Waals surface area contributed by atoms with E-state index in [4.69, 9.17) is 34.8 Å². The molecular weight excluding hydrogens is 282 g/mol. The summed E-state index contributed by atoms with van der Waals surface area (Å²) in [6.45, 7) is 1.82. The second-order valence-electron chi connectivity index (χ2n) is 3.35. The van der Waals surface area contributed by atoms with E-state index in [0.717, 1.165) is 5.56 Å². The van der Waals surface area contributed by atoms with Crippen LogP contribution in [0.2, 0.25) is 5.02 Å². The van der Waals surface area contributed by atoms with Crippen LogP contribution in [0.15, 0.2) is 23.3 Å². The van der Waals surface area contributed by atoms with Gasteiger partial charge in [0.1, 0.15) is 0 Å². The van der Waals surface area contributed by atoms with Gasteiger partial charge in [-0.2, -0.15) is 5.10 Å². The summed E-state index contributed by atoms with van der Waals surface area (Å²) in [6.07, 6.45) is 0. The van der Waals surface area contributed by atoms with Gasteiger partial charge in [0, 0.05) is 10.6 Å². The van der Waals surface area contributed by atoms with Crippen molar-refractivity contribution in [3.63, 3.8) is 0 Å². The van der Waals surface area contributed by atoms with Gasteiger partial charge in [-0.3, -0.25) is 4.79 Å². The molecule has 6 heteroatoms. The Morgan fingerprint density at radius 1 is 1.35 bits per heavy atom. The van der Waals surface area contributed by atoms with E-state index in [1.54, 1.807) is 18.2 Å². The molecule has 0 saturated heterocycles. The topological polar surface area (TPSA) is 41.5 Å². The molecule has 0 aliphatic carbocycles. The number of carbonyl (C=O) groups is 1. The number of rotatable bonds is 4. The minimum atomic E-state index is -0.322. The third-order valence-corrected chi connectivity index (χ3v) is 3.09. The molecule has 92 valence electrons. The van der Waals surface area contributed by atoms with Gasteiger partial charge in [0.2, 0.25) is 0 Å². The summed E-state index contributed by atoms with van der Waals surface area (Å²) in [5, 5.41) is 4.43. The predicted molar refractivity (Wildman–Crippen MR) is 72.5 cm³/mol. The first-order valence-electron chi connectivity index (χ1n) is 4.82. The fourth-order valence-corrected chi connectivity index (χ4v) is 1.60. The number of aryl methyl sites for hydroxylation is 1. The van der Waals surface area contributed by atoms with Crippen LogP contribution in [0.25, 0.3) is 0 Å². The van der Waals surface area contributed by atoms with Crippen LogP contribution in [-0.2, 0) is 0 Å². The van der Waals surface area contributed by atoms with Crippen molar-refractivity contribution in [2.24, 2.45) is 5.10 Å². The van der Waals surface area contributed by atoms with Crippen molar-refractivity contribution >= 4 is 46.4 Å². The summed E-state index contributed by atoms with van der Waals surface area (Å²) in [7, 11) is 0. The van der Waals surface area contributed by atoms with Crippen molar-refractivity contribution in [1.29, 1.82) is 0 Å². The van der Waals surface area contributed by atoms with E-state index in [1.165, 1.54) is 0 Å². The third kappa shape index (κ3) is 4.19. The smallest absolute Gasteiger partial charge is 0.267 e. The maximum Gasteiger partial charge on any atom is 0.271 e. The van der Waals surface area contributed by atoms with E-state index < -0.39 is 0 Å². The monoisotopic (exact) mass is 292 g/mol. The van der Waals surface area contributed by atoms with Crippen LogP contribution in [0.3, 0.4) is 0 Å². The molecule has 0 saturated carbocycles. The number of alkyl halides is 2. The third-order valence-electron chi connectivity index (χ3n) is 2.04. The molecule has 0 radical (unpaired) electrons. The Labute approximate surface area is 115 Å². The molecule has 0 bridgehead atoms. The van der Waals surface area contributed by atoms with Gasteiger partial charge in [-0.15, -0.1) is 23.2 Å². The lowest BCUT2D eigenvalue weighted by Crippen LogP contribution is -2.20. The highest BCUT2D eigenvalue weighted by atomic mass is 35.5. The first kappa shape index (κ1) is 14.3. The Kier molecular flexibility index (Phi) is 5.75. The normalized spacial score (nSPS) is 9.88. The summed E-state index contributed by atoms with van der Waals surface area (Å²) in [5.41, 5.74) is 4.21. The number of nitrogens with zero attached hydrogens (tertiary/aromatic N) is 1. The number of hydrazone groups is 1. The number of amides is 1. The quantitative estimate of drug-likeness (QED) is 0.517. The van der Waals surface area contributed by atoms with Crippen LogP contribution in [0.5, 0.6) is 0 Å². The van der Waals surface area contributed by atoms with Crippen LogP contribution in [0, 0.1) is 6.92 Å². The van der Waals surface area contributed by atoms with Gasteiger partial charge in [0.15, 0.2) is 0 Å². The molecule has 0 aliphatic rings. The molecule has 1 aromatic carbocycles. The van der Waals surface area contributed by atoms with Gasteiger partial charge in [-0.1, -0.05) is 11.6 Å². The van der Waals surface area contributed by atoms with Crippen molar-refractivity contribution in [2.75, 3.05) is 11.8 Å². The van der Waals surface area contributed by atoms with Crippen molar-refractivity contribution in [3.05, 3.63) is 34.3 Å². The van der Waals surface area contributed by atoms with Gasteiger partial charge < -0.3 is 0 Å². The van der Waals surface area contributed by atoms with Crippen LogP contribution >= 0.6 is 34.8 Å². The highest BCUT2D eigenvalue weighted by molar-refractivity contribution is 6.37. The van der Waals surface area contributed by atoms with Gasteiger partial charge in [-0.05, 0) is 30.7 Å². The first-order chi connectivity index (χ1) is 8.08. The lowest BCUT2D eigenvalue weighted by molar-refractivity contribution is 0.0954. The first-order valence-corrected chi connectivity index (χ1v) is 6.27. The Morgan fingerprint density at radius 2 is 2.00 bits per heavy atom. The van der Waals surface area contributed by atoms with E-state index in [2.05, 4.69) is 10.5 Å². The fraction of sp³-hybridized carbons (Fsp3) is 0.273. The average Bonchev–Trinajstić information content (AvgIpc) is 2.33. The lowest BCUT2D eigenvalue weighted by atomic mass is 10.1. The molecule has 1 aromatic rings. The Hall–Kier alpha value is -0.770. The van der Waals surface area contributed by atoms with Crippen molar-refractivity contribution < 1.29 is 4.79 Å². The number of nitrogens with one attached hydrogen (secondary N) is 1. The average molecular weight is 294 g/mol. The summed E-state index contributed by atoms with van der Waals surface area (Å²) in [6, 6.07) is 4.98. The maximum absolute atomic E-state index is 11.7. The van der Waals surface area contributed by atoms with E-state index in [1.807, 2.05) is 6.92 Å². The molecule has 17 heavy (non-hydrogen) atoms. The molecule has 0 fully saturated rings. The van der Waals surface area contributed by atoms with Gasteiger partial charge >= 0.3 is 0 Å². The standard InChI is InChI=1S/C11H11Cl3N2O/c1-7-4-8(2-3-10(7)14)11(17)16-15-9(5-12)6-13/h2-4H,5-6H2,1H3,(H,16,17). The summed E-state index contributed by atoms with van der Waals surface area (Å²) < 4.78 is 0. The lowest BCUT2D eigenvalue weighted by Gasteiger charge is -2.04. The van der Waals surface area contributed by atoms with Crippen LogP contribution < -0.4 is 5.43 Å². The van der Waals surface area contributed by atoms with Crippen molar-refractivity contribution in [3.8, 4) is 0 Å². The van der Waals surface area contributed by atoms with Gasteiger partial charge in [0.05, 0.1) is 17.5 Å². The number of benzene rings is 1. The maximum atomic E-state index is 11.7. The molecule has 0 heterocycles. The number of halogens is 3. The number of hydrogen-bond donors (Lipinski definition) is 1.